The molecule has 17 rings (SSSR count). The molecule has 16 N–H and O–H groups in total. The molecule has 4 aliphatic heterocycles. The van der Waals surface area contributed by atoms with Gasteiger partial charge in [0, 0.05) is 60.7 Å². The van der Waals surface area contributed by atoms with Crippen LogP contribution in [0.25, 0.3) is 22.1 Å². The van der Waals surface area contributed by atoms with E-state index in [4.69, 9.17) is 46.4 Å². The second kappa shape index (κ2) is 36.8. The number of anilines is 6. The van der Waals surface area contributed by atoms with Gasteiger partial charge >= 0.3 is 6.01 Å². The Morgan fingerprint density at radius 3 is 2.17 bits per heavy atom. The van der Waals surface area contributed by atoms with Crippen molar-refractivity contribution in [2.45, 2.75) is 166 Å². The highest BCUT2D eigenvalue weighted by atomic mass is 32.2. The molecule has 120 heavy (non-hydrogen) atoms. The predicted molar refractivity (Wildman–Crippen MR) is 454 cm³/mol. The van der Waals surface area contributed by atoms with Crippen LogP contribution >= 0.6 is 69.0 Å². The predicted octanol–water partition coefficient (Wildman–Crippen LogP) is 7.54. The standard InChI is InChI=1S/C27H28N8O5S2.C27H33N7O3S2.C22H25F2N9O4S2/c1-12(17(37)11-36)31-22(29)20-24(38)34-42-25(20)33-27-32-16(7-13-4-5-13)21(41-27)26(39)35-10-14(8-28)19-15-3-2-6-40-18(15)9-30-23(19)35;1-3-18(35)13(2)30-22(28)19-24(36)33-39-25(19)32-27-31-20(14-8-9-14)21(38-27)26(37)34-11-10-17-16-7-5-4-6-15(16)12-29-23(17)34;1-2-36-21-29-15(24)11-4-6-33(17(11)30-21)20(35)14-12(7-23)28-22(38-14)31-19-13(18(34)32-39-19)16(25)27-5-3-10-8-26-9-37-10/h9-10,12-13,17,36-37H,2-7,11H2,1H3,(H2,29,31)(H,32,33)(H,34,38);12-14,18,35H,3-11H2,1-2H3,(H2,28,30)(H,31,32)(H,33,36);4,6,10,13,19,26H,2-3,5,7-9H2,1H3,(H2,25,27)(H,28,31)(H,32,34). The van der Waals surface area contributed by atoms with Crippen molar-refractivity contribution in [3.63, 3.8) is 0 Å². The molecule has 7 unspecified atom stereocenters. The first kappa shape index (κ1) is 84.4. The molecule has 0 spiro atoms. The number of nitrogens with two attached hydrogens (primary N) is 3. The van der Waals surface area contributed by atoms with Crippen molar-refractivity contribution in [1.29, 1.82) is 5.26 Å². The number of carbonyl (C=O) groups excluding carboxylic acids is 4. The third kappa shape index (κ3) is 17.9. The van der Waals surface area contributed by atoms with E-state index in [-0.39, 0.29) is 103 Å². The van der Waals surface area contributed by atoms with Crippen LogP contribution in [0.2, 0.25) is 0 Å². The second-order valence-electron chi connectivity index (χ2n) is 29.5. The summed E-state index contributed by atoms with van der Waals surface area (Å²) in [6.45, 7) is 8.40. The maximum atomic E-state index is 14.4. The van der Waals surface area contributed by atoms with Gasteiger partial charge in [-0.05, 0) is 169 Å². The lowest BCUT2D eigenvalue weighted by Crippen LogP contribution is -2.38. The fraction of sp³-hybridized carbons (Fsp3) is 0.461. The quantitative estimate of drug-likeness (QED) is 0.0102. The van der Waals surface area contributed by atoms with E-state index in [0.29, 0.717) is 110 Å². The van der Waals surface area contributed by atoms with Crippen molar-refractivity contribution < 1.29 is 57.5 Å². The van der Waals surface area contributed by atoms with Crippen molar-refractivity contribution >= 4 is 163 Å². The number of ether oxygens (including phenoxy) is 3. The number of amidine groups is 3. The second-order valence-corrected chi connectivity index (χ2v) is 35.0. The monoisotopic (exact) mass is 1760 g/mol. The van der Waals surface area contributed by atoms with E-state index < -0.39 is 66.3 Å². The van der Waals surface area contributed by atoms with Crippen LogP contribution in [0.15, 0.2) is 55.4 Å². The van der Waals surface area contributed by atoms with E-state index in [9.17, 15) is 58.1 Å². The van der Waals surface area contributed by atoms with Gasteiger partial charge in [-0.1, -0.05) is 40.9 Å². The highest BCUT2D eigenvalue weighted by molar-refractivity contribution is 7.99. The smallest absolute Gasteiger partial charge is 0.321 e. The van der Waals surface area contributed by atoms with Crippen molar-refractivity contribution in [2.24, 2.45) is 44.0 Å². The maximum Gasteiger partial charge on any atom is 0.321 e. The van der Waals surface area contributed by atoms with Crippen LogP contribution in [0.4, 0.5) is 40.0 Å². The van der Waals surface area contributed by atoms with Crippen molar-refractivity contribution in [1.82, 2.24) is 62.8 Å². The Bertz CT molecular complexity index is 5830. The molecule has 2 saturated carbocycles. The number of H-pyrrole nitrogens is 2. The molecule has 44 heteroatoms. The number of carbonyl (C=O) groups is 4. The highest BCUT2D eigenvalue weighted by Crippen LogP contribution is 2.47. The molecule has 2 amide bonds. The zero-order valence-electron chi connectivity index (χ0n) is 65.4. The van der Waals surface area contributed by atoms with Gasteiger partial charge in [0.2, 0.25) is 11.9 Å². The van der Waals surface area contributed by atoms with Gasteiger partial charge in [-0.3, -0.25) is 76.6 Å². The first-order valence-corrected chi connectivity index (χ1v) is 44.1. The van der Waals surface area contributed by atoms with Crippen LogP contribution in [-0.4, -0.2) is 191 Å². The van der Waals surface area contributed by atoms with Crippen LogP contribution < -0.4 is 68.7 Å². The molecule has 36 nitrogen and oxygen atoms in total. The molecule has 0 radical (unpaired) electrons. The summed E-state index contributed by atoms with van der Waals surface area (Å²) < 4.78 is 55.2. The zero-order chi connectivity index (χ0) is 84.3. The van der Waals surface area contributed by atoms with E-state index in [2.05, 4.69) is 75.7 Å². The minimum Gasteiger partial charge on any atom is -0.492 e. The van der Waals surface area contributed by atoms with Crippen molar-refractivity contribution in [2.75, 3.05) is 67.0 Å². The Morgan fingerprint density at radius 2 is 1.48 bits per heavy atom. The molecule has 0 aromatic carbocycles. The van der Waals surface area contributed by atoms with Gasteiger partial charge in [0.25, 0.3) is 28.8 Å². The molecule has 3 aliphatic carbocycles. The molecular formula is C76H86F2N24O12S6. The summed E-state index contributed by atoms with van der Waals surface area (Å²) in [5.74, 6) is -0.816. The number of nitrogens with zero attached hydrogens (tertiary/aromatic N) is 14. The number of nitriles is 1. The number of halogens is 2. The zero-order valence-corrected chi connectivity index (χ0v) is 70.3. The number of hydrogen-bond acceptors (Lipinski definition) is 33. The van der Waals surface area contributed by atoms with Gasteiger partial charge in [-0.15, -0.1) is 0 Å². The molecule has 2 saturated heterocycles. The number of amides is 2. The Morgan fingerprint density at radius 1 is 0.800 bits per heavy atom. The van der Waals surface area contributed by atoms with Crippen LogP contribution in [-0.2, 0) is 48.3 Å². The summed E-state index contributed by atoms with van der Waals surface area (Å²) in [7, 11) is 0. The lowest BCUT2D eigenvalue weighted by atomic mass is 9.89. The first-order chi connectivity index (χ1) is 58.0. The van der Waals surface area contributed by atoms with E-state index in [1.54, 1.807) is 27.0 Å². The number of nitrogens with one attached hydrogen (secondary N) is 7. The normalized spacial score (nSPS) is 18.8. The van der Waals surface area contributed by atoms with E-state index >= 15 is 0 Å². The number of aromatic amines is 2. The Balaban J connectivity index is 0.000000140. The maximum absolute atomic E-state index is 14.4. The molecule has 0 bridgehead atoms. The molecule has 7 aliphatic rings. The lowest BCUT2D eigenvalue weighted by Gasteiger charge is -2.20. The largest absolute Gasteiger partial charge is 0.492 e. The third-order valence-corrected chi connectivity index (χ3v) is 26.8. The minimum atomic E-state index is -1.13. The molecule has 14 heterocycles. The minimum absolute atomic E-state index is 0.0109. The molecule has 10 aromatic rings. The molecule has 10 aromatic heterocycles. The number of fused-ring (bicyclic) bond motifs is 7. The summed E-state index contributed by atoms with van der Waals surface area (Å²) in [4.78, 5) is 125. The number of alkyl halides is 1. The van der Waals surface area contributed by atoms with E-state index in [1.165, 1.54) is 63.9 Å². The summed E-state index contributed by atoms with van der Waals surface area (Å²) in [5.41, 5.74) is 24.9. The highest BCUT2D eigenvalue weighted by Gasteiger charge is 2.42. The average Bonchev–Trinajstić information content (AvgIpc) is 1.74. The molecule has 632 valence electrons. The molecule has 7 atom stereocenters. The van der Waals surface area contributed by atoms with Crippen molar-refractivity contribution in [3.05, 3.63) is 128 Å². The summed E-state index contributed by atoms with van der Waals surface area (Å²) in [5, 5.41) is 53.5. The fourth-order valence-corrected chi connectivity index (χ4v) is 20.1. The number of hydrogen-bond donors (Lipinski definition) is 13. The SMILES string of the molecule is CC(N=C(N)c1c(Nc2nc(CC3CC3)c(C(=O)n3cc(C#N)c4c5c(cnc43)OCCC5)s2)s[nH]c1=O)C(O)CO.CCC(O)C(C)N=C(N)c1c(Nc2nc(C3CC3)c(C(=O)N3CCc4c3ncc3c4CCCC3)s2)s[nH]c1=O.CCOc1nc(F)c2ccn(C(=O)c3sc(NC4SNC(=O)C4C(N)=NCCC4CNCO4)nc3CF)c2n1. The van der Waals surface area contributed by atoms with Crippen molar-refractivity contribution in [3.8, 4) is 17.8 Å². The Labute approximate surface area is 707 Å². The fourth-order valence-electron chi connectivity index (χ4n) is 14.5. The summed E-state index contributed by atoms with van der Waals surface area (Å²) in [6.07, 6.45) is 17.5. The van der Waals surface area contributed by atoms with Gasteiger partial charge in [0.15, 0.2) is 21.0 Å². The lowest BCUT2D eigenvalue weighted by molar-refractivity contribution is -0.120. The molecular weight excluding hydrogens is 1670 g/mol. The number of aliphatic hydroxyl groups is 3. The number of aryl methyl sites for hydroxylation is 2. The van der Waals surface area contributed by atoms with Gasteiger partial charge in [-0.2, -0.15) is 19.6 Å². The van der Waals surface area contributed by atoms with Gasteiger partial charge in [0.1, 0.15) is 94.5 Å². The Kier molecular flexibility index (Phi) is 25.9. The topological polar surface area (TPSA) is 525 Å². The molecule has 4 fully saturated rings. The first-order valence-electron chi connectivity index (χ1n) is 39.2. The van der Waals surface area contributed by atoms with Gasteiger partial charge in [0.05, 0.1) is 91.2 Å². The number of pyridine rings is 2. The number of rotatable bonds is 27. The van der Waals surface area contributed by atoms with Crippen LogP contribution in [0.3, 0.4) is 0 Å². The van der Waals surface area contributed by atoms with Crippen LogP contribution in [0, 0.1) is 29.1 Å². The average molecular weight is 1760 g/mol. The third-order valence-electron chi connectivity index (χ3n) is 21.2. The summed E-state index contributed by atoms with van der Waals surface area (Å²) in [6, 6.07) is 2.15. The van der Waals surface area contributed by atoms with Crippen LogP contribution in [0.5, 0.6) is 11.8 Å². The van der Waals surface area contributed by atoms with E-state index in [0.717, 1.165) is 144 Å². The van der Waals surface area contributed by atoms with Gasteiger partial charge in [-0.25, -0.2) is 29.3 Å². The van der Waals surface area contributed by atoms with Crippen LogP contribution in [0.1, 0.15) is 176 Å². The number of thiazole rings is 3. The number of aliphatic imine (C=N–C) groups is 3. The summed E-state index contributed by atoms with van der Waals surface area (Å²) >= 11 is 6.54. The number of aromatic nitrogens is 11. The Hall–Kier alpha value is -10.6. The van der Waals surface area contributed by atoms with Gasteiger partial charge < -0.3 is 62.7 Å². The number of aliphatic hydroxyl groups excluding tert-OH is 3. The van der Waals surface area contributed by atoms with E-state index in [1.807, 2.05) is 18.0 Å².